The molecular formula is C20H29N5O3S2. The lowest BCUT2D eigenvalue weighted by atomic mass is 9.96. The van der Waals surface area contributed by atoms with Crippen LogP contribution >= 0.6 is 11.8 Å². The highest BCUT2D eigenvalue weighted by molar-refractivity contribution is 8.00. The number of hydrogen-bond acceptors (Lipinski definition) is 7. The Morgan fingerprint density at radius 1 is 1.30 bits per heavy atom. The molecule has 2 atom stereocenters. The van der Waals surface area contributed by atoms with E-state index in [-0.39, 0.29) is 17.9 Å². The number of piperidine rings is 2. The maximum atomic E-state index is 12.5. The predicted octanol–water partition coefficient (Wildman–Crippen LogP) is 0.935. The first kappa shape index (κ1) is 21.7. The zero-order valence-electron chi connectivity index (χ0n) is 17.2. The number of nitrogens with one attached hydrogen (secondary N) is 2. The van der Waals surface area contributed by atoms with Gasteiger partial charge in [0.15, 0.2) is 0 Å². The molecule has 4 aliphatic rings. The Hall–Kier alpha value is -1.49. The number of hydrogen-bond donors (Lipinski definition) is 2. The molecule has 0 aromatic rings. The zero-order chi connectivity index (χ0) is 21.1. The van der Waals surface area contributed by atoms with Crippen molar-refractivity contribution in [3.05, 3.63) is 23.9 Å². The van der Waals surface area contributed by atoms with Gasteiger partial charge in [0, 0.05) is 18.3 Å². The highest BCUT2D eigenvalue weighted by Gasteiger charge is 2.30. The predicted molar refractivity (Wildman–Crippen MR) is 122 cm³/mol. The number of carbonyl (C=O) groups excluding carboxylic acids is 1. The number of fused-ring (bicyclic) bond motifs is 1. The molecule has 1 unspecified atom stereocenters. The summed E-state index contributed by atoms with van der Waals surface area (Å²) in [5.74, 6) is 0.980. The van der Waals surface area contributed by atoms with E-state index in [4.69, 9.17) is 9.98 Å². The first-order chi connectivity index (χ1) is 14.4. The maximum Gasteiger partial charge on any atom is 0.238 e. The first-order valence-electron chi connectivity index (χ1n) is 10.5. The van der Waals surface area contributed by atoms with Gasteiger partial charge in [-0.1, -0.05) is 6.08 Å². The fraction of sp³-hybridized carbons (Fsp3) is 0.650. The van der Waals surface area contributed by atoms with Crippen molar-refractivity contribution in [2.24, 2.45) is 15.9 Å². The summed E-state index contributed by atoms with van der Waals surface area (Å²) in [6.45, 7) is 3.06. The van der Waals surface area contributed by atoms with Gasteiger partial charge in [0.05, 0.1) is 35.4 Å². The average molecular weight is 452 g/mol. The highest BCUT2D eigenvalue weighted by atomic mass is 32.2. The number of amidine groups is 1. The summed E-state index contributed by atoms with van der Waals surface area (Å²) in [7, 11) is -3.20. The van der Waals surface area contributed by atoms with Crippen molar-refractivity contribution in [1.29, 1.82) is 0 Å². The molecule has 30 heavy (non-hydrogen) atoms. The lowest BCUT2D eigenvalue weighted by Gasteiger charge is -2.29. The molecule has 2 N–H and O–H groups in total. The van der Waals surface area contributed by atoms with Crippen molar-refractivity contribution in [2.75, 3.05) is 38.2 Å². The number of sulfonamides is 1. The third kappa shape index (κ3) is 5.40. The number of carbonyl (C=O) groups is 1. The molecule has 4 rings (SSSR count). The van der Waals surface area contributed by atoms with E-state index in [0.717, 1.165) is 50.2 Å². The highest BCUT2D eigenvalue weighted by Crippen LogP contribution is 2.26. The molecule has 0 spiro atoms. The van der Waals surface area contributed by atoms with Crippen LogP contribution in [0.3, 0.4) is 0 Å². The maximum absolute atomic E-state index is 12.5. The van der Waals surface area contributed by atoms with Gasteiger partial charge < -0.3 is 10.6 Å². The van der Waals surface area contributed by atoms with E-state index in [0.29, 0.717) is 29.9 Å². The van der Waals surface area contributed by atoms with Gasteiger partial charge in [-0.05, 0) is 50.9 Å². The molecule has 2 fully saturated rings. The summed E-state index contributed by atoms with van der Waals surface area (Å²) in [6.07, 6.45) is 10.7. The Morgan fingerprint density at radius 2 is 2.10 bits per heavy atom. The van der Waals surface area contributed by atoms with Crippen LogP contribution in [0.4, 0.5) is 0 Å². The van der Waals surface area contributed by atoms with E-state index in [9.17, 15) is 13.2 Å². The monoisotopic (exact) mass is 451 g/mol. The topological polar surface area (TPSA) is 103 Å². The Labute approximate surface area is 182 Å². The molecular weight excluding hydrogens is 422 g/mol. The number of allylic oxidation sites excluding steroid dienone is 2. The molecule has 1 aliphatic carbocycles. The standard InChI is InChI=1S/C20H29N5O3S2/c1-30(27,28)25-10-2-3-15(12-25)22-14-4-5-17-18(11-14)23-19(24-20(17)26)13-29-16-6-8-21-9-7-16/h4-5,11,15-17,21H,2-3,6-10,12-13H2,1H3,(H,23,24,26)/t15-,17?/m1/s1. The van der Waals surface area contributed by atoms with Crippen LogP contribution in [0.25, 0.3) is 0 Å². The second-order valence-corrected chi connectivity index (χ2v) is 11.5. The van der Waals surface area contributed by atoms with Crippen LogP contribution in [0.15, 0.2) is 33.9 Å². The molecule has 0 bridgehead atoms. The fourth-order valence-electron chi connectivity index (χ4n) is 4.16. The van der Waals surface area contributed by atoms with E-state index in [1.165, 1.54) is 10.6 Å². The summed E-state index contributed by atoms with van der Waals surface area (Å²) in [5, 5.41) is 6.91. The van der Waals surface area contributed by atoms with Gasteiger partial charge in [0.25, 0.3) is 0 Å². The number of nitrogens with zero attached hydrogens (tertiary/aromatic N) is 3. The molecule has 10 heteroatoms. The number of amides is 1. The minimum Gasteiger partial charge on any atom is -0.317 e. The minimum absolute atomic E-state index is 0.0478. The third-order valence-corrected chi connectivity index (χ3v) is 8.44. The van der Waals surface area contributed by atoms with Crippen LogP contribution in [0.5, 0.6) is 0 Å². The van der Waals surface area contributed by atoms with Gasteiger partial charge in [0.1, 0.15) is 5.84 Å². The van der Waals surface area contributed by atoms with Crippen LogP contribution in [0.2, 0.25) is 0 Å². The first-order valence-corrected chi connectivity index (χ1v) is 13.4. The van der Waals surface area contributed by atoms with Gasteiger partial charge in [-0.3, -0.25) is 9.79 Å². The number of rotatable bonds is 5. The third-order valence-electron chi connectivity index (χ3n) is 5.79. The Kier molecular flexibility index (Phi) is 6.76. The van der Waals surface area contributed by atoms with E-state index in [2.05, 4.69) is 10.6 Å². The molecule has 164 valence electrons. The van der Waals surface area contributed by atoms with Crippen LogP contribution in [-0.2, 0) is 14.8 Å². The lowest BCUT2D eigenvalue weighted by Crippen LogP contribution is -2.42. The largest absolute Gasteiger partial charge is 0.317 e. The van der Waals surface area contributed by atoms with Crippen molar-refractivity contribution in [3.63, 3.8) is 0 Å². The van der Waals surface area contributed by atoms with Crippen LogP contribution in [-0.4, -0.2) is 79.7 Å². The average Bonchev–Trinajstić information content (AvgIpc) is 2.72. The molecule has 0 saturated carbocycles. The lowest BCUT2D eigenvalue weighted by molar-refractivity contribution is -0.121. The number of thioether (sulfide) groups is 1. The summed E-state index contributed by atoms with van der Waals surface area (Å²) in [5.41, 5.74) is 1.47. The molecule has 0 aromatic carbocycles. The number of aliphatic imine (C=N–C) groups is 2. The van der Waals surface area contributed by atoms with E-state index in [1.807, 2.05) is 30.0 Å². The van der Waals surface area contributed by atoms with E-state index < -0.39 is 10.0 Å². The Morgan fingerprint density at radius 3 is 2.87 bits per heavy atom. The molecule has 0 radical (unpaired) electrons. The van der Waals surface area contributed by atoms with Gasteiger partial charge in [0.2, 0.25) is 15.9 Å². The molecule has 0 aromatic heterocycles. The van der Waals surface area contributed by atoms with Crippen LogP contribution in [0.1, 0.15) is 25.7 Å². The summed E-state index contributed by atoms with van der Waals surface area (Å²) >= 11 is 1.85. The quantitative estimate of drug-likeness (QED) is 0.647. The summed E-state index contributed by atoms with van der Waals surface area (Å²) < 4.78 is 25.2. The molecule has 3 aliphatic heterocycles. The smallest absolute Gasteiger partial charge is 0.238 e. The molecule has 2 saturated heterocycles. The molecule has 1 amide bonds. The van der Waals surface area contributed by atoms with Gasteiger partial charge in [-0.15, -0.1) is 0 Å². The Balaban J connectivity index is 1.45. The summed E-state index contributed by atoms with van der Waals surface area (Å²) in [6, 6.07) is -0.0714. The van der Waals surface area contributed by atoms with Crippen molar-refractivity contribution < 1.29 is 13.2 Å². The normalized spacial score (nSPS) is 29.9. The van der Waals surface area contributed by atoms with E-state index >= 15 is 0 Å². The second kappa shape index (κ2) is 9.33. The van der Waals surface area contributed by atoms with Crippen molar-refractivity contribution in [3.8, 4) is 0 Å². The minimum atomic E-state index is -3.20. The summed E-state index contributed by atoms with van der Waals surface area (Å²) in [4.78, 5) is 22.0. The molecule has 8 nitrogen and oxygen atoms in total. The Bertz CT molecular complexity index is 903. The van der Waals surface area contributed by atoms with Crippen molar-refractivity contribution in [1.82, 2.24) is 14.9 Å². The van der Waals surface area contributed by atoms with Crippen LogP contribution in [0, 0.1) is 5.92 Å². The molecule has 3 heterocycles. The second-order valence-electron chi connectivity index (χ2n) is 8.19. The van der Waals surface area contributed by atoms with Crippen LogP contribution < -0.4 is 10.6 Å². The SMILES string of the molecule is CS(=O)(=O)N1CCC[C@@H](N=C2C=CC3C(=O)NC(CSC4CCNCC4)=NC3=C2)C1. The van der Waals surface area contributed by atoms with Gasteiger partial charge in [-0.25, -0.2) is 17.7 Å². The van der Waals surface area contributed by atoms with E-state index in [1.54, 1.807) is 0 Å². The van der Waals surface area contributed by atoms with Crippen molar-refractivity contribution in [2.45, 2.75) is 37.0 Å². The van der Waals surface area contributed by atoms with Crippen molar-refractivity contribution >= 4 is 39.2 Å². The zero-order valence-corrected chi connectivity index (χ0v) is 18.8. The van der Waals surface area contributed by atoms with Gasteiger partial charge >= 0.3 is 0 Å². The van der Waals surface area contributed by atoms with Gasteiger partial charge in [-0.2, -0.15) is 11.8 Å². The fourth-order valence-corrected chi connectivity index (χ4v) is 6.16.